The summed E-state index contributed by atoms with van der Waals surface area (Å²) in [6, 6.07) is 5.32. The van der Waals surface area contributed by atoms with Gasteiger partial charge in [0.25, 0.3) is 0 Å². The van der Waals surface area contributed by atoms with Gasteiger partial charge in [-0.15, -0.1) is 0 Å². The first-order chi connectivity index (χ1) is 14.4. The van der Waals surface area contributed by atoms with E-state index in [0.717, 1.165) is 44.6 Å². The van der Waals surface area contributed by atoms with Gasteiger partial charge >= 0.3 is 20.6 Å². The minimum absolute atomic E-state index is 0.220. The van der Waals surface area contributed by atoms with Crippen LogP contribution in [0, 0.1) is 17.3 Å². The zero-order valence-electron chi connectivity index (χ0n) is 17.5. The summed E-state index contributed by atoms with van der Waals surface area (Å²) in [5.41, 5.74) is 2.00. The molecule has 3 aliphatic rings. The topological polar surface area (TPSA) is 142 Å². The number of hydrogen-bond donors (Lipinski definition) is 2. The van der Waals surface area contributed by atoms with E-state index in [-0.39, 0.29) is 11.2 Å². The van der Waals surface area contributed by atoms with Gasteiger partial charge in [-0.3, -0.25) is 4.79 Å². The molecule has 9 nitrogen and oxygen atoms in total. The lowest BCUT2D eigenvalue weighted by atomic mass is 9.55. The maximum Gasteiger partial charge on any atom is 0.380 e. The molecule has 0 bridgehead atoms. The molecule has 1 aromatic rings. The van der Waals surface area contributed by atoms with E-state index in [9.17, 15) is 21.6 Å². The number of carbonyl (C=O) groups excluding carboxylic acids is 1. The van der Waals surface area contributed by atoms with E-state index >= 15 is 0 Å². The second kappa shape index (κ2) is 7.72. The van der Waals surface area contributed by atoms with Crippen molar-refractivity contribution in [1.29, 1.82) is 0 Å². The highest BCUT2D eigenvalue weighted by Crippen LogP contribution is 2.61. The van der Waals surface area contributed by atoms with E-state index in [1.807, 2.05) is 10.8 Å². The Kier molecular flexibility index (Phi) is 5.60. The molecule has 0 aromatic heterocycles. The Hall–Kier alpha value is -1.69. The van der Waals surface area contributed by atoms with Gasteiger partial charge in [-0.2, -0.15) is 22.0 Å². The fraction of sp³-hybridized carbons (Fsp3) is 0.650. The molecule has 0 saturated heterocycles. The summed E-state index contributed by atoms with van der Waals surface area (Å²) in [4.78, 5) is 11.2. The predicted octanol–water partition coefficient (Wildman–Crippen LogP) is 1.89. The summed E-state index contributed by atoms with van der Waals surface area (Å²) in [6.07, 6.45) is 4.48. The minimum Gasteiger partial charge on any atom is -0.371 e. The molecule has 1 amide bonds. The standard InChI is InChI=1S/C20H28N2O7S2/c1-12(23)22-31(26,27)29-19-8-7-18-17-5-3-13-11-14(28-30(21,24)25)4-6-15(13)16(17)9-10-20(18,19)2/h4,6,11,16-19H,3,5,7-10H2,1-2H3,(H,22,23)(H2,21,24,25)/t16?,17?,18?,19-,20-/m0/s1. The van der Waals surface area contributed by atoms with Crippen molar-refractivity contribution < 1.29 is 30.0 Å². The molecule has 3 N–H and O–H groups in total. The van der Waals surface area contributed by atoms with Crippen LogP contribution in [0.15, 0.2) is 18.2 Å². The molecule has 2 saturated carbocycles. The first-order valence-electron chi connectivity index (χ1n) is 10.4. The van der Waals surface area contributed by atoms with Crippen molar-refractivity contribution in [2.75, 3.05) is 0 Å². The number of nitrogens with one attached hydrogen (secondary N) is 1. The molecule has 5 atom stereocenters. The van der Waals surface area contributed by atoms with Crippen LogP contribution in [0.25, 0.3) is 0 Å². The number of rotatable bonds is 5. The van der Waals surface area contributed by atoms with Crippen molar-refractivity contribution in [2.24, 2.45) is 22.4 Å². The summed E-state index contributed by atoms with van der Waals surface area (Å²) in [5.74, 6) is 0.595. The lowest BCUT2D eigenvalue weighted by Crippen LogP contribution is -2.46. The fourth-order valence-electron chi connectivity index (χ4n) is 6.21. The maximum absolute atomic E-state index is 12.2. The Morgan fingerprint density at radius 2 is 1.90 bits per heavy atom. The number of fused-ring (bicyclic) bond motifs is 5. The predicted molar refractivity (Wildman–Crippen MR) is 112 cm³/mol. The van der Waals surface area contributed by atoms with Crippen LogP contribution in [0.2, 0.25) is 0 Å². The Labute approximate surface area is 183 Å². The summed E-state index contributed by atoms with van der Waals surface area (Å²) in [6.45, 7) is 3.25. The molecule has 0 aliphatic heterocycles. The van der Waals surface area contributed by atoms with Crippen LogP contribution in [0.4, 0.5) is 0 Å². The van der Waals surface area contributed by atoms with Crippen LogP contribution in [-0.2, 0) is 36.0 Å². The van der Waals surface area contributed by atoms with E-state index in [0.29, 0.717) is 24.2 Å². The third-order valence-corrected chi connectivity index (χ3v) is 8.78. The minimum atomic E-state index is -4.12. The fourth-order valence-corrected chi connectivity index (χ4v) is 7.60. The number of amides is 1. The largest absolute Gasteiger partial charge is 0.380 e. The highest BCUT2D eigenvalue weighted by atomic mass is 32.2. The SMILES string of the molecule is CC(=O)NS(=O)(=O)O[C@H]1CCC2C3CCc4cc(OS(N)(=O)=O)ccc4C3CC[C@@]21C. The molecular formula is C20H28N2O7S2. The van der Waals surface area contributed by atoms with E-state index in [1.54, 1.807) is 12.1 Å². The van der Waals surface area contributed by atoms with Gasteiger partial charge in [0.2, 0.25) is 5.91 Å². The molecular weight excluding hydrogens is 444 g/mol. The van der Waals surface area contributed by atoms with E-state index in [2.05, 4.69) is 6.92 Å². The lowest BCUT2D eigenvalue weighted by molar-refractivity contribution is -0.117. The molecule has 3 unspecified atom stereocenters. The van der Waals surface area contributed by atoms with Gasteiger partial charge in [0.05, 0.1) is 6.10 Å². The molecule has 0 heterocycles. The van der Waals surface area contributed by atoms with Gasteiger partial charge in [0.1, 0.15) is 5.75 Å². The molecule has 2 fully saturated rings. The van der Waals surface area contributed by atoms with Gasteiger partial charge in [0.15, 0.2) is 0 Å². The number of aryl methyl sites for hydroxylation is 1. The van der Waals surface area contributed by atoms with Crippen molar-refractivity contribution in [3.63, 3.8) is 0 Å². The van der Waals surface area contributed by atoms with Crippen molar-refractivity contribution >= 4 is 26.5 Å². The number of benzene rings is 1. The third kappa shape index (κ3) is 4.46. The Bertz CT molecular complexity index is 1100. The third-order valence-electron chi connectivity index (χ3n) is 7.33. The van der Waals surface area contributed by atoms with Crippen LogP contribution >= 0.6 is 0 Å². The summed E-state index contributed by atoms with van der Waals surface area (Å²) in [5, 5.41) is 4.98. The summed E-state index contributed by atoms with van der Waals surface area (Å²) in [7, 11) is -8.19. The highest BCUT2D eigenvalue weighted by Gasteiger charge is 2.56. The monoisotopic (exact) mass is 472 g/mol. The van der Waals surface area contributed by atoms with E-state index in [4.69, 9.17) is 13.5 Å². The number of carbonyl (C=O) groups is 1. The lowest BCUT2D eigenvalue weighted by Gasteiger charge is -2.50. The smallest absolute Gasteiger partial charge is 0.371 e. The van der Waals surface area contributed by atoms with Crippen molar-refractivity contribution in [1.82, 2.24) is 4.72 Å². The van der Waals surface area contributed by atoms with E-state index < -0.39 is 32.6 Å². The summed E-state index contributed by atoms with van der Waals surface area (Å²) < 4.78 is 59.0. The molecule has 172 valence electrons. The molecule has 3 aliphatic carbocycles. The second-order valence-corrected chi connectivity index (χ2v) is 11.6. The maximum atomic E-state index is 12.2. The van der Waals surface area contributed by atoms with Gasteiger partial charge in [0, 0.05) is 6.92 Å². The molecule has 31 heavy (non-hydrogen) atoms. The van der Waals surface area contributed by atoms with Crippen LogP contribution in [-0.4, -0.2) is 28.8 Å². The van der Waals surface area contributed by atoms with Gasteiger partial charge < -0.3 is 4.18 Å². The average molecular weight is 473 g/mol. The second-order valence-electron chi connectivity index (χ2n) is 9.17. The first-order valence-corrected chi connectivity index (χ1v) is 13.3. The Morgan fingerprint density at radius 3 is 2.58 bits per heavy atom. The quantitative estimate of drug-likeness (QED) is 0.666. The zero-order chi connectivity index (χ0) is 22.6. The van der Waals surface area contributed by atoms with Gasteiger partial charge in [-0.25, -0.2) is 8.91 Å². The zero-order valence-corrected chi connectivity index (χ0v) is 19.2. The molecule has 1 aromatic carbocycles. The van der Waals surface area contributed by atoms with Crippen molar-refractivity contribution in [3.8, 4) is 5.75 Å². The highest BCUT2D eigenvalue weighted by molar-refractivity contribution is 7.85. The van der Waals surface area contributed by atoms with Gasteiger partial charge in [-0.1, -0.05) is 13.0 Å². The Morgan fingerprint density at radius 1 is 1.16 bits per heavy atom. The molecule has 0 radical (unpaired) electrons. The van der Waals surface area contributed by atoms with Crippen molar-refractivity contribution in [2.45, 2.75) is 64.4 Å². The molecule has 11 heteroatoms. The van der Waals surface area contributed by atoms with Crippen LogP contribution in [0.5, 0.6) is 5.75 Å². The Balaban J connectivity index is 1.54. The number of nitrogens with two attached hydrogens (primary N) is 1. The summed E-state index contributed by atoms with van der Waals surface area (Å²) >= 11 is 0. The number of hydrogen-bond acceptors (Lipinski definition) is 7. The van der Waals surface area contributed by atoms with E-state index in [1.165, 1.54) is 5.56 Å². The van der Waals surface area contributed by atoms with Crippen LogP contribution in [0.1, 0.15) is 63.0 Å². The first kappa shape index (κ1) is 22.5. The molecule has 0 spiro atoms. The van der Waals surface area contributed by atoms with Crippen LogP contribution in [0.3, 0.4) is 0 Å². The van der Waals surface area contributed by atoms with Gasteiger partial charge in [-0.05, 0) is 85.0 Å². The van der Waals surface area contributed by atoms with Crippen LogP contribution < -0.4 is 14.0 Å². The average Bonchev–Trinajstić information content (AvgIpc) is 2.94. The molecule has 4 rings (SSSR count). The van der Waals surface area contributed by atoms with Crippen molar-refractivity contribution in [3.05, 3.63) is 29.3 Å². The normalized spacial score (nSPS) is 32.5.